The fraction of sp³-hybridized carbons (Fsp3) is 0.789. The first kappa shape index (κ1) is 15.8. The molecule has 0 bridgehead atoms. The predicted molar refractivity (Wildman–Crippen MR) is 96.3 cm³/mol. The Kier molecular flexibility index (Phi) is 3.86. The number of morpholine rings is 1. The molecule has 4 aliphatic rings. The van der Waals surface area contributed by atoms with Crippen LogP contribution in [-0.4, -0.2) is 60.8 Å². The summed E-state index contributed by atoms with van der Waals surface area (Å²) in [6.07, 6.45) is 7.15. The number of aromatic nitrogens is 2. The van der Waals surface area contributed by atoms with Gasteiger partial charge in [-0.15, -0.1) is 0 Å². The van der Waals surface area contributed by atoms with Crippen LogP contribution in [0.5, 0.6) is 0 Å². The summed E-state index contributed by atoms with van der Waals surface area (Å²) >= 11 is 0. The van der Waals surface area contributed by atoms with Crippen molar-refractivity contribution < 1.29 is 4.74 Å². The van der Waals surface area contributed by atoms with Crippen molar-refractivity contribution in [2.75, 3.05) is 50.8 Å². The van der Waals surface area contributed by atoms with E-state index < -0.39 is 0 Å². The summed E-state index contributed by atoms with van der Waals surface area (Å²) in [4.78, 5) is 25.5. The monoisotopic (exact) mass is 344 g/mol. The second-order valence-electron chi connectivity index (χ2n) is 8.34. The molecule has 3 fully saturated rings. The summed E-state index contributed by atoms with van der Waals surface area (Å²) in [5.74, 6) is 1.72. The van der Waals surface area contributed by atoms with Crippen LogP contribution < -0.4 is 10.5 Å². The average Bonchev–Trinajstić information content (AvgIpc) is 3.40. The first-order valence-corrected chi connectivity index (χ1v) is 9.92. The van der Waals surface area contributed by atoms with E-state index in [2.05, 4.69) is 14.8 Å². The smallest absolute Gasteiger partial charge is 0.255 e. The van der Waals surface area contributed by atoms with Gasteiger partial charge in [0, 0.05) is 30.6 Å². The number of nitrogens with zero attached hydrogens (tertiary/aromatic N) is 3. The maximum atomic E-state index is 12.7. The zero-order valence-corrected chi connectivity index (χ0v) is 14.9. The Balaban J connectivity index is 1.40. The van der Waals surface area contributed by atoms with Gasteiger partial charge in [-0.05, 0) is 57.5 Å². The van der Waals surface area contributed by atoms with E-state index in [1.807, 2.05) is 0 Å². The van der Waals surface area contributed by atoms with Crippen molar-refractivity contribution in [3.63, 3.8) is 0 Å². The van der Waals surface area contributed by atoms with Crippen molar-refractivity contribution in [3.8, 4) is 0 Å². The highest BCUT2D eigenvalue weighted by molar-refractivity contribution is 5.40. The molecule has 1 aromatic heterocycles. The molecule has 136 valence electrons. The molecule has 6 nitrogen and oxygen atoms in total. The van der Waals surface area contributed by atoms with E-state index in [-0.39, 0.29) is 11.0 Å². The lowest BCUT2D eigenvalue weighted by Gasteiger charge is -2.39. The molecule has 5 rings (SSSR count). The molecule has 1 N–H and O–H groups in total. The average molecular weight is 344 g/mol. The Labute approximate surface area is 148 Å². The number of hydrogen-bond donors (Lipinski definition) is 1. The molecule has 25 heavy (non-hydrogen) atoms. The third kappa shape index (κ3) is 2.89. The van der Waals surface area contributed by atoms with Gasteiger partial charge >= 0.3 is 0 Å². The van der Waals surface area contributed by atoms with E-state index >= 15 is 0 Å². The minimum atomic E-state index is 0.0868. The van der Waals surface area contributed by atoms with Gasteiger partial charge in [-0.25, -0.2) is 4.98 Å². The number of likely N-dealkylation sites (tertiary alicyclic amines) is 1. The summed E-state index contributed by atoms with van der Waals surface area (Å²) in [5.41, 5.74) is 2.30. The van der Waals surface area contributed by atoms with Crippen LogP contribution in [0.4, 0.5) is 5.95 Å². The van der Waals surface area contributed by atoms with Crippen LogP contribution in [0, 0.1) is 5.92 Å². The molecule has 0 aromatic carbocycles. The lowest BCUT2D eigenvalue weighted by atomic mass is 9.76. The third-order valence-electron chi connectivity index (χ3n) is 6.70. The summed E-state index contributed by atoms with van der Waals surface area (Å²) in [6.45, 7) is 6.65. The molecule has 1 spiro atoms. The molecule has 6 heteroatoms. The number of aromatic amines is 1. The number of piperidine rings is 1. The first-order chi connectivity index (χ1) is 12.2. The van der Waals surface area contributed by atoms with Crippen molar-refractivity contribution in [2.45, 2.75) is 43.9 Å². The number of nitrogens with one attached hydrogen (secondary N) is 1. The van der Waals surface area contributed by atoms with E-state index in [0.29, 0.717) is 13.2 Å². The fourth-order valence-corrected chi connectivity index (χ4v) is 4.88. The molecular weight excluding hydrogens is 316 g/mol. The Bertz CT molecular complexity index is 698. The van der Waals surface area contributed by atoms with Crippen LogP contribution >= 0.6 is 0 Å². The van der Waals surface area contributed by atoms with Crippen molar-refractivity contribution in [1.82, 2.24) is 14.9 Å². The van der Waals surface area contributed by atoms with Gasteiger partial charge in [0.25, 0.3) is 5.56 Å². The summed E-state index contributed by atoms with van der Waals surface area (Å²) in [5, 5.41) is 0. The SMILES string of the molecule is O=c1[nH]c(N2CCOCC2)nc2c1CCC21CCN(CC2CC2)CC1. The highest BCUT2D eigenvalue weighted by Gasteiger charge is 2.44. The lowest BCUT2D eigenvalue weighted by molar-refractivity contribution is 0.122. The van der Waals surface area contributed by atoms with E-state index in [9.17, 15) is 4.79 Å². The van der Waals surface area contributed by atoms with Crippen LogP contribution in [0.2, 0.25) is 0 Å². The van der Waals surface area contributed by atoms with Gasteiger partial charge < -0.3 is 14.5 Å². The van der Waals surface area contributed by atoms with Crippen LogP contribution in [-0.2, 0) is 16.6 Å². The van der Waals surface area contributed by atoms with Gasteiger partial charge in [-0.2, -0.15) is 0 Å². The lowest BCUT2D eigenvalue weighted by Crippen LogP contribution is -2.43. The van der Waals surface area contributed by atoms with Gasteiger partial charge in [0.2, 0.25) is 5.95 Å². The number of fused-ring (bicyclic) bond motifs is 2. The van der Waals surface area contributed by atoms with Gasteiger partial charge in [0.05, 0.1) is 18.9 Å². The van der Waals surface area contributed by atoms with E-state index in [1.165, 1.54) is 19.4 Å². The maximum absolute atomic E-state index is 12.7. The van der Waals surface area contributed by atoms with Crippen molar-refractivity contribution in [3.05, 3.63) is 21.6 Å². The van der Waals surface area contributed by atoms with Crippen molar-refractivity contribution >= 4 is 5.95 Å². The summed E-state index contributed by atoms with van der Waals surface area (Å²) in [6, 6.07) is 0. The number of anilines is 1. The zero-order chi connectivity index (χ0) is 16.9. The summed E-state index contributed by atoms with van der Waals surface area (Å²) < 4.78 is 5.44. The number of hydrogen-bond acceptors (Lipinski definition) is 5. The minimum absolute atomic E-state index is 0.0868. The molecule has 0 unspecified atom stereocenters. The van der Waals surface area contributed by atoms with Crippen LogP contribution in [0.3, 0.4) is 0 Å². The molecule has 2 saturated heterocycles. The predicted octanol–water partition coefficient (Wildman–Crippen LogP) is 1.30. The van der Waals surface area contributed by atoms with E-state index in [0.717, 1.165) is 75.0 Å². The normalized spacial score (nSPS) is 26.2. The topological polar surface area (TPSA) is 61.5 Å². The molecule has 0 amide bonds. The van der Waals surface area contributed by atoms with Gasteiger partial charge in [0.15, 0.2) is 0 Å². The molecule has 2 aliphatic heterocycles. The van der Waals surface area contributed by atoms with Crippen LogP contribution in [0.15, 0.2) is 4.79 Å². The Morgan fingerprint density at radius 1 is 1.12 bits per heavy atom. The standard InChI is InChI=1S/C19H28N4O2/c24-17-15-3-4-19(5-7-22(8-6-19)13-14-1-2-14)16(15)20-18(21-17)23-9-11-25-12-10-23/h14H,1-13H2,(H,20,21,24). The van der Waals surface area contributed by atoms with Gasteiger partial charge in [-0.1, -0.05) is 0 Å². The van der Waals surface area contributed by atoms with Gasteiger partial charge in [-0.3, -0.25) is 9.78 Å². The fourth-order valence-electron chi connectivity index (χ4n) is 4.88. The molecule has 1 aromatic rings. The molecule has 1 saturated carbocycles. The molecule has 0 atom stereocenters. The molecular formula is C19H28N4O2. The molecule has 2 aliphatic carbocycles. The number of ether oxygens (including phenoxy) is 1. The Morgan fingerprint density at radius 2 is 1.88 bits per heavy atom. The van der Waals surface area contributed by atoms with Crippen molar-refractivity contribution in [2.24, 2.45) is 5.92 Å². The second-order valence-corrected chi connectivity index (χ2v) is 8.34. The number of H-pyrrole nitrogens is 1. The van der Waals surface area contributed by atoms with E-state index in [4.69, 9.17) is 9.72 Å². The third-order valence-corrected chi connectivity index (χ3v) is 6.70. The zero-order valence-electron chi connectivity index (χ0n) is 14.9. The quantitative estimate of drug-likeness (QED) is 0.895. The highest BCUT2D eigenvalue weighted by Crippen LogP contribution is 2.45. The minimum Gasteiger partial charge on any atom is -0.378 e. The largest absolute Gasteiger partial charge is 0.378 e. The van der Waals surface area contributed by atoms with Crippen LogP contribution in [0.25, 0.3) is 0 Å². The van der Waals surface area contributed by atoms with Gasteiger partial charge in [0.1, 0.15) is 0 Å². The second kappa shape index (κ2) is 6.09. The Morgan fingerprint density at radius 3 is 2.60 bits per heavy atom. The maximum Gasteiger partial charge on any atom is 0.255 e. The number of rotatable bonds is 3. The highest BCUT2D eigenvalue weighted by atomic mass is 16.5. The van der Waals surface area contributed by atoms with Crippen LogP contribution in [0.1, 0.15) is 43.4 Å². The molecule has 0 radical (unpaired) electrons. The summed E-state index contributed by atoms with van der Waals surface area (Å²) in [7, 11) is 0. The van der Waals surface area contributed by atoms with Crippen molar-refractivity contribution in [1.29, 1.82) is 0 Å². The molecule has 3 heterocycles. The first-order valence-electron chi connectivity index (χ1n) is 9.92. The van der Waals surface area contributed by atoms with E-state index in [1.54, 1.807) is 0 Å². The Hall–Kier alpha value is -1.40.